The van der Waals surface area contributed by atoms with Crippen molar-refractivity contribution in [3.8, 4) is 11.5 Å². The largest absolute Gasteiger partial charge is 0.481 e. The highest BCUT2D eigenvalue weighted by Crippen LogP contribution is 2.33. The minimum Gasteiger partial charge on any atom is -0.481 e. The van der Waals surface area contributed by atoms with Crippen molar-refractivity contribution in [2.24, 2.45) is 0 Å². The molecule has 0 aliphatic carbocycles. The van der Waals surface area contributed by atoms with Crippen LogP contribution in [0.4, 0.5) is 5.82 Å². The highest BCUT2D eigenvalue weighted by atomic mass is 32.1. The number of carboxylic acid groups (broad SMARTS) is 1. The SMILES string of the molecule is CCc1cc2c(NCc3ccc4c(c3)OCO4)nc(CCCCC(=O)O)nc2s1. The zero-order valence-corrected chi connectivity index (χ0v) is 17.1. The number of unbranched alkanes of at least 4 members (excludes halogenated alkanes) is 1. The second-order valence-corrected chi connectivity index (χ2v) is 8.03. The van der Waals surface area contributed by atoms with E-state index in [9.17, 15) is 4.79 Å². The van der Waals surface area contributed by atoms with E-state index in [2.05, 4.69) is 18.3 Å². The fourth-order valence-electron chi connectivity index (χ4n) is 3.23. The lowest BCUT2D eigenvalue weighted by Gasteiger charge is -2.09. The minimum absolute atomic E-state index is 0.177. The molecule has 1 aromatic carbocycles. The van der Waals surface area contributed by atoms with Crippen molar-refractivity contribution in [1.29, 1.82) is 0 Å². The average Bonchev–Trinajstić information content (AvgIpc) is 3.35. The summed E-state index contributed by atoms with van der Waals surface area (Å²) in [7, 11) is 0. The normalized spacial score (nSPS) is 12.4. The van der Waals surface area contributed by atoms with E-state index < -0.39 is 5.97 Å². The molecule has 0 amide bonds. The van der Waals surface area contributed by atoms with Crippen molar-refractivity contribution < 1.29 is 19.4 Å². The van der Waals surface area contributed by atoms with E-state index in [4.69, 9.17) is 24.5 Å². The molecule has 3 heterocycles. The number of nitrogens with one attached hydrogen (secondary N) is 1. The molecule has 0 atom stereocenters. The number of rotatable bonds is 9. The first-order chi connectivity index (χ1) is 14.1. The molecule has 8 heteroatoms. The van der Waals surface area contributed by atoms with Gasteiger partial charge in [0.1, 0.15) is 16.5 Å². The molecule has 0 spiro atoms. The number of carboxylic acids is 1. The minimum atomic E-state index is -0.765. The highest BCUT2D eigenvalue weighted by Gasteiger charge is 2.15. The summed E-state index contributed by atoms with van der Waals surface area (Å²) < 4.78 is 10.8. The number of carbonyl (C=O) groups is 1. The summed E-state index contributed by atoms with van der Waals surface area (Å²) in [6.07, 6.45) is 3.18. The van der Waals surface area contributed by atoms with Crippen molar-refractivity contribution in [3.63, 3.8) is 0 Å². The number of thiophene rings is 1. The Balaban J connectivity index is 1.52. The van der Waals surface area contributed by atoms with Crippen LogP contribution in [0.5, 0.6) is 11.5 Å². The predicted octanol–water partition coefficient (Wildman–Crippen LogP) is 4.39. The number of benzene rings is 1. The Hall–Kier alpha value is -2.87. The Kier molecular flexibility index (Phi) is 5.80. The summed E-state index contributed by atoms with van der Waals surface area (Å²) in [6, 6.07) is 8.06. The van der Waals surface area contributed by atoms with Gasteiger partial charge >= 0.3 is 5.97 Å². The third kappa shape index (κ3) is 4.59. The molecule has 0 unspecified atom stereocenters. The van der Waals surface area contributed by atoms with Gasteiger partial charge in [-0.2, -0.15) is 0 Å². The molecule has 0 radical (unpaired) electrons. The van der Waals surface area contributed by atoms with Gasteiger partial charge in [-0.15, -0.1) is 11.3 Å². The van der Waals surface area contributed by atoms with Gasteiger partial charge in [0, 0.05) is 24.3 Å². The molecule has 0 saturated heterocycles. The van der Waals surface area contributed by atoms with Gasteiger partial charge in [-0.05, 0) is 43.0 Å². The monoisotopic (exact) mass is 413 g/mol. The van der Waals surface area contributed by atoms with E-state index in [1.807, 2.05) is 18.2 Å². The van der Waals surface area contributed by atoms with Gasteiger partial charge in [-0.3, -0.25) is 4.79 Å². The molecule has 2 N–H and O–H groups in total. The summed E-state index contributed by atoms with van der Waals surface area (Å²) in [5.41, 5.74) is 1.08. The van der Waals surface area contributed by atoms with Crippen molar-refractivity contribution in [2.45, 2.75) is 45.6 Å². The van der Waals surface area contributed by atoms with Crippen LogP contribution in [0, 0.1) is 0 Å². The van der Waals surface area contributed by atoms with Crippen LogP contribution in [-0.2, 0) is 24.2 Å². The number of fused-ring (bicyclic) bond motifs is 2. The van der Waals surface area contributed by atoms with Crippen molar-refractivity contribution >= 4 is 33.3 Å². The second-order valence-electron chi connectivity index (χ2n) is 6.92. The van der Waals surface area contributed by atoms with E-state index in [0.717, 1.165) is 51.8 Å². The fraction of sp³-hybridized carbons (Fsp3) is 0.381. The Morgan fingerprint density at radius 3 is 2.90 bits per heavy atom. The van der Waals surface area contributed by atoms with E-state index in [-0.39, 0.29) is 13.2 Å². The van der Waals surface area contributed by atoms with E-state index in [0.29, 0.717) is 19.4 Å². The number of aliphatic carboxylic acids is 1. The van der Waals surface area contributed by atoms with Gasteiger partial charge in [0.25, 0.3) is 0 Å². The summed E-state index contributed by atoms with van der Waals surface area (Å²) in [4.78, 5) is 22.4. The van der Waals surface area contributed by atoms with Gasteiger partial charge in [-0.25, -0.2) is 9.97 Å². The molecule has 4 rings (SSSR count). The molecule has 29 heavy (non-hydrogen) atoms. The van der Waals surface area contributed by atoms with Crippen LogP contribution in [0.3, 0.4) is 0 Å². The van der Waals surface area contributed by atoms with Gasteiger partial charge in [-0.1, -0.05) is 13.0 Å². The summed E-state index contributed by atoms with van der Waals surface area (Å²) in [5, 5.41) is 13.3. The molecule has 1 aliphatic rings. The fourth-order valence-corrected chi connectivity index (χ4v) is 4.22. The maximum absolute atomic E-state index is 10.7. The van der Waals surface area contributed by atoms with E-state index in [1.54, 1.807) is 11.3 Å². The van der Waals surface area contributed by atoms with Crippen LogP contribution >= 0.6 is 11.3 Å². The molecule has 7 nitrogen and oxygen atoms in total. The number of anilines is 1. The number of aromatic nitrogens is 2. The molecular formula is C21H23N3O4S. The highest BCUT2D eigenvalue weighted by molar-refractivity contribution is 7.18. The van der Waals surface area contributed by atoms with Crippen molar-refractivity contribution in [3.05, 3.63) is 40.5 Å². The molecule has 152 valence electrons. The standard InChI is InChI=1S/C21H23N3O4S/c1-2-14-10-15-20(22-11-13-7-8-16-17(9-13)28-12-27-16)23-18(24-21(15)29-14)5-3-4-6-19(25)26/h7-10H,2-6,11-12H2,1H3,(H,25,26)(H,22,23,24). The van der Waals surface area contributed by atoms with Crippen molar-refractivity contribution in [1.82, 2.24) is 9.97 Å². The maximum Gasteiger partial charge on any atom is 0.303 e. The van der Waals surface area contributed by atoms with Crippen LogP contribution in [-0.4, -0.2) is 27.8 Å². The Bertz CT molecular complexity index is 1030. The predicted molar refractivity (Wildman–Crippen MR) is 112 cm³/mol. The van der Waals surface area contributed by atoms with Crippen LogP contribution in [0.2, 0.25) is 0 Å². The quantitative estimate of drug-likeness (QED) is 0.502. The van der Waals surface area contributed by atoms with Crippen LogP contribution in [0.15, 0.2) is 24.3 Å². The first kappa shape index (κ1) is 19.4. The maximum atomic E-state index is 10.7. The molecule has 1 aliphatic heterocycles. The summed E-state index contributed by atoms with van der Waals surface area (Å²) in [5.74, 6) is 2.34. The Morgan fingerprint density at radius 1 is 1.21 bits per heavy atom. The van der Waals surface area contributed by atoms with Crippen LogP contribution in [0.1, 0.15) is 42.5 Å². The first-order valence-electron chi connectivity index (χ1n) is 9.76. The average molecular weight is 413 g/mol. The first-order valence-corrected chi connectivity index (χ1v) is 10.6. The Morgan fingerprint density at radius 2 is 2.07 bits per heavy atom. The van der Waals surface area contributed by atoms with Crippen molar-refractivity contribution in [2.75, 3.05) is 12.1 Å². The topological polar surface area (TPSA) is 93.6 Å². The molecular weight excluding hydrogens is 390 g/mol. The number of hydrogen-bond acceptors (Lipinski definition) is 7. The third-order valence-corrected chi connectivity index (χ3v) is 5.95. The third-order valence-electron chi connectivity index (χ3n) is 4.78. The van der Waals surface area contributed by atoms with Crippen LogP contribution in [0.25, 0.3) is 10.2 Å². The van der Waals surface area contributed by atoms with Gasteiger partial charge in [0.2, 0.25) is 6.79 Å². The van der Waals surface area contributed by atoms with Gasteiger partial charge in [0.05, 0.1) is 5.39 Å². The smallest absolute Gasteiger partial charge is 0.303 e. The summed E-state index contributed by atoms with van der Waals surface area (Å²) >= 11 is 1.69. The molecule has 0 saturated carbocycles. The zero-order chi connectivity index (χ0) is 20.2. The molecule has 3 aromatic rings. The number of aryl methyl sites for hydroxylation is 2. The van der Waals surface area contributed by atoms with E-state index >= 15 is 0 Å². The lowest BCUT2D eigenvalue weighted by Crippen LogP contribution is -2.05. The van der Waals surface area contributed by atoms with Gasteiger partial charge < -0.3 is 19.9 Å². The lowest BCUT2D eigenvalue weighted by atomic mass is 10.2. The Labute approximate surface area is 172 Å². The van der Waals surface area contributed by atoms with Gasteiger partial charge in [0.15, 0.2) is 11.5 Å². The number of nitrogens with zero attached hydrogens (tertiary/aromatic N) is 2. The molecule has 0 fully saturated rings. The van der Waals surface area contributed by atoms with Crippen LogP contribution < -0.4 is 14.8 Å². The lowest BCUT2D eigenvalue weighted by molar-refractivity contribution is -0.137. The summed E-state index contributed by atoms with van der Waals surface area (Å²) in [6.45, 7) is 3.00. The number of hydrogen-bond donors (Lipinski definition) is 2. The molecule has 0 bridgehead atoms. The van der Waals surface area contributed by atoms with E-state index in [1.165, 1.54) is 4.88 Å². The number of ether oxygens (including phenoxy) is 2. The second kappa shape index (κ2) is 8.65. The zero-order valence-electron chi connectivity index (χ0n) is 16.2. The molecule has 2 aromatic heterocycles.